The Hall–Kier alpha value is -2.82. The van der Waals surface area contributed by atoms with Crippen LogP contribution in [0.1, 0.15) is 68.6 Å². The van der Waals surface area contributed by atoms with Crippen molar-refractivity contribution < 1.29 is 14.3 Å². The van der Waals surface area contributed by atoms with Gasteiger partial charge in [0, 0.05) is 19.0 Å². The number of nitrogens with zero attached hydrogens (tertiary/aromatic N) is 1. The van der Waals surface area contributed by atoms with Gasteiger partial charge >= 0.3 is 0 Å². The van der Waals surface area contributed by atoms with Gasteiger partial charge in [-0.1, -0.05) is 67.3 Å². The van der Waals surface area contributed by atoms with Gasteiger partial charge in [-0.05, 0) is 57.2 Å². The van der Waals surface area contributed by atoms with Crippen LogP contribution in [0.25, 0.3) is 0 Å². The predicted octanol–water partition coefficient (Wildman–Crippen LogP) is 5.33. The minimum absolute atomic E-state index is 0.00324. The van der Waals surface area contributed by atoms with Gasteiger partial charge in [0.2, 0.25) is 11.8 Å². The third-order valence-electron chi connectivity index (χ3n) is 6.39. The van der Waals surface area contributed by atoms with E-state index in [1.54, 1.807) is 4.90 Å². The molecule has 2 aromatic rings. The zero-order chi connectivity index (χ0) is 23.6. The third kappa shape index (κ3) is 7.62. The Labute approximate surface area is 198 Å². The molecule has 1 aliphatic rings. The van der Waals surface area contributed by atoms with Gasteiger partial charge in [-0.3, -0.25) is 9.59 Å². The Morgan fingerprint density at radius 3 is 2.21 bits per heavy atom. The minimum atomic E-state index is -0.461. The molecule has 178 valence electrons. The van der Waals surface area contributed by atoms with Crippen molar-refractivity contribution in [3.8, 4) is 5.75 Å². The van der Waals surface area contributed by atoms with E-state index in [-0.39, 0.29) is 17.9 Å². The minimum Gasteiger partial charge on any atom is -0.494 e. The maximum Gasteiger partial charge on any atom is 0.243 e. The highest BCUT2D eigenvalue weighted by atomic mass is 16.5. The molecule has 0 unspecified atom stereocenters. The molecule has 1 fully saturated rings. The van der Waals surface area contributed by atoms with Crippen molar-refractivity contribution in [2.24, 2.45) is 0 Å². The summed E-state index contributed by atoms with van der Waals surface area (Å²) < 4.78 is 5.80. The first-order valence-corrected chi connectivity index (χ1v) is 12.3. The van der Waals surface area contributed by atoms with E-state index in [9.17, 15) is 9.59 Å². The fourth-order valence-electron chi connectivity index (χ4n) is 4.37. The van der Waals surface area contributed by atoms with Gasteiger partial charge < -0.3 is 15.0 Å². The van der Waals surface area contributed by atoms with Crippen LogP contribution >= 0.6 is 0 Å². The fraction of sp³-hybridized carbons (Fsp3) is 0.500. The molecule has 1 atom stereocenters. The first-order valence-electron chi connectivity index (χ1n) is 12.3. The molecule has 0 aliphatic heterocycles. The first kappa shape index (κ1) is 24.8. The summed E-state index contributed by atoms with van der Waals surface area (Å²) in [6, 6.07) is 15.9. The molecular formula is C28H38N2O3. The molecule has 0 spiro atoms. The summed E-state index contributed by atoms with van der Waals surface area (Å²) in [5.74, 6) is 0.782. The lowest BCUT2D eigenvalue weighted by Crippen LogP contribution is -2.50. The number of carbonyl (C=O) groups is 2. The van der Waals surface area contributed by atoms with Crippen LogP contribution in [-0.2, 0) is 16.1 Å². The number of rotatable bonds is 11. The van der Waals surface area contributed by atoms with Gasteiger partial charge in [-0.15, -0.1) is 0 Å². The zero-order valence-corrected chi connectivity index (χ0v) is 20.3. The Kier molecular flexibility index (Phi) is 9.35. The summed E-state index contributed by atoms with van der Waals surface area (Å²) in [5.41, 5.74) is 3.40. The van der Waals surface area contributed by atoms with E-state index in [1.165, 1.54) is 11.1 Å². The normalized spacial score (nSPS) is 14.6. The highest BCUT2D eigenvalue weighted by Crippen LogP contribution is 2.20. The SMILES string of the molecule is CC[C@@H](C(=O)NC1CCCC1)N(Cc1ccc(C)cc1)C(=O)CCCOc1ccc(C)cc1. The molecule has 1 N–H and O–H groups in total. The van der Waals surface area contributed by atoms with Crippen molar-refractivity contribution in [2.75, 3.05) is 6.61 Å². The zero-order valence-electron chi connectivity index (χ0n) is 20.3. The van der Waals surface area contributed by atoms with Crippen LogP contribution < -0.4 is 10.1 Å². The lowest BCUT2D eigenvalue weighted by Gasteiger charge is -2.31. The lowest BCUT2D eigenvalue weighted by atomic mass is 10.1. The van der Waals surface area contributed by atoms with Crippen LogP contribution in [-0.4, -0.2) is 35.4 Å². The van der Waals surface area contributed by atoms with Gasteiger partial charge in [0.25, 0.3) is 0 Å². The number of hydrogen-bond acceptors (Lipinski definition) is 3. The van der Waals surface area contributed by atoms with Crippen molar-refractivity contribution in [3.63, 3.8) is 0 Å². The van der Waals surface area contributed by atoms with E-state index in [4.69, 9.17) is 4.74 Å². The van der Waals surface area contributed by atoms with Gasteiger partial charge in [0.1, 0.15) is 11.8 Å². The molecular weight excluding hydrogens is 412 g/mol. The molecule has 33 heavy (non-hydrogen) atoms. The maximum absolute atomic E-state index is 13.3. The van der Waals surface area contributed by atoms with Crippen molar-refractivity contribution >= 4 is 11.8 Å². The highest BCUT2D eigenvalue weighted by Gasteiger charge is 2.30. The summed E-state index contributed by atoms with van der Waals surface area (Å²) in [7, 11) is 0. The topological polar surface area (TPSA) is 58.6 Å². The summed E-state index contributed by atoms with van der Waals surface area (Å²) in [5, 5.41) is 3.20. The molecule has 0 bridgehead atoms. The quantitative estimate of drug-likeness (QED) is 0.471. The van der Waals surface area contributed by atoms with E-state index >= 15 is 0 Å². The molecule has 0 saturated heterocycles. The number of carbonyl (C=O) groups excluding carboxylic acids is 2. The lowest BCUT2D eigenvalue weighted by molar-refractivity contribution is -0.141. The first-order chi connectivity index (χ1) is 16.0. The molecule has 5 heteroatoms. The Balaban J connectivity index is 1.63. The van der Waals surface area contributed by atoms with Gasteiger partial charge in [-0.2, -0.15) is 0 Å². The molecule has 2 aromatic carbocycles. The van der Waals surface area contributed by atoms with Crippen LogP contribution in [0, 0.1) is 13.8 Å². The van der Waals surface area contributed by atoms with Crippen molar-refractivity contribution in [1.82, 2.24) is 10.2 Å². The number of ether oxygens (including phenoxy) is 1. The van der Waals surface area contributed by atoms with E-state index in [1.807, 2.05) is 69.3 Å². The van der Waals surface area contributed by atoms with Crippen LogP contribution in [0.5, 0.6) is 5.75 Å². The van der Waals surface area contributed by atoms with Gasteiger partial charge in [0.05, 0.1) is 6.61 Å². The Bertz CT molecular complexity index is 886. The van der Waals surface area contributed by atoms with Crippen molar-refractivity contribution in [2.45, 2.75) is 84.3 Å². The third-order valence-corrected chi connectivity index (χ3v) is 6.39. The fourth-order valence-corrected chi connectivity index (χ4v) is 4.37. The Morgan fingerprint density at radius 2 is 1.61 bits per heavy atom. The molecule has 3 rings (SSSR count). The number of amides is 2. The van der Waals surface area contributed by atoms with Crippen LogP contribution in [0.15, 0.2) is 48.5 Å². The summed E-state index contributed by atoms with van der Waals surface area (Å²) in [6.45, 7) is 6.98. The summed E-state index contributed by atoms with van der Waals surface area (Å²) in [6.07, 6.45) is 5.94. The van der Waals surface area contributed by atoms with Crippen molar-refractivity contribution in [3.05, 3.63) is 65.2 Å². The van der Waals surface area contributed by atoms with E-state index in [0.29, 0.717) is 32.4 Å². The standard InChI is InChI=1S/C28H38N2O3/c1-4-26(28(32)29-24-8-5-6-9-24)30(20-23-15-11-21(2)12-16-23)27(31)10-7-19-33-25-17-13-22(3)14-18-25/h11-18,24,26H,4-10,19-20H2,1-3H3,(H,29,32)/t26-/m0/s1. The predicted molar refractivity (Wildman–Crippen MR) is 132 cm³/mol. The number of hydrogen-bond donors (Lipinski definition) is 1. The van der Waals surface area contributed by atoms with Gasteiger partial charge in [0.15, 0.2) is 0 Å². The summed E-state index contributed by atoms with van der Waals surface area (Å²) in [4.78, 5) is 28.2. The molecule has 1 aliphatic carbocycles. The van der Waals surface area contributed by atoms with E-state index < -0.39 is 6.04 Å². The second-order valence-corrected chi connectivity index (χ2v) is 9.19. The maximum atomic E-state index is 13.3. The Morgan fingerprint density at radius 1 is 1.00 bits per heavy atom. The molecule has 2 amide bonds. The van der Waals surface area contributed by atoms with Crippen LogP contribution in [0.4, 0.5) is 0 Å². The molecule has 0 aromatic heterocycles. The molecule has 0 heterocycles. The average Bonchev–Trinajstić information content (AvgIpc) is 3.32. The van der Waals surface area contributed by atoms with Crippen LogP contribution in [0.3, 0.4) is 0 Å². The monoisotopic (exact) mass is 450 g/mol. The van der Waals surface area contributed by atoms with E-state index in [0.717, 1.165) is 37.0 Å². The molecule has 5 nitrogen and oxygen atoms in total. The largest absolute Gasteiger partial charge is 0.494 e. The average molecular weight is 451 g/mol. The highest BCUT2D eigenvalue weighted by molar-refractivity contribution is 5.87. The number of benzene rings is 2. The van der Waals surface area contributed by atoms with Gasteiger partial charge in [-0.25, -0.2) is 0 Å². The van der Waals surface area contributed by atoms with E-state index in [2.05, 4.69) is 5.32 Å². The number of aryl methyl sites for hydroxylation is 2. The molecule has 1 saturated carbocycles. The second kappa shape index (κ2) is 12.4. The smallest absolute Gasteiger partial charge is 0.243 e. The summed E-state index contributed by atoms with van der Waals surface area (Å²) >= 11 is 0. The number of nitrogens with one attached hydrogen (secondary N) is 1. The van der Waals surface area contributed by atoms with Crippen LogP contribution in [0.2, 0.25) is 0 Å². The van der Waals surface area contributed by atoms with Crippen molar-refractivity contribution in [1.29, 1.82) is 0 Å². The molecule has 0 radical (unpaired) electrons. The second-order valence-electron chi connectivity index (χ2n) is 9.19.